The van der Waals surface area contributed by atoms with Crippen LogP contribution in [0.5, 0.6) is 0 Å². The SMILES string of the molecule is FC(F)(F)OCCN1CCC(NCC2CC2)CC1. The third-order valence-electron chi connectivity index (χ3n) is 3.65. The van der Waals surface area contributed by atoms with Gasteiger partial charge in [0.1, 0.15) is 0 Å². The molecule has 2 rings (SSSR count). The van der Waals surface area contributed by atoms with Crippen LogP contribution in [0.25, 0.3) is 0 Å². The zero-order valence-corrected chi connectivity index (χ0v) is 10.5. The maximum atomic E-state index is 11.8. The topological polar surface area (TPSA) is 24.5 Å². The second-order valence-electron chi connectivity index (χ2n) is 5.26. The molecule has 1 aliphatic heterocycles. The van der Waals surface area contributed by atoms with Crippen LogP contribution in [0.2, 0.25) is 0 Å². The summed E-state index contributed by atoms with van der Waals surface area (Å²) in [7, 11) is 0. The van der Waals surface area contributed by atoms with Gasteiger partial charge in [-0.15, -0.1) is 13.2 Å². The van der Waals surface area contributed by atoms with E-state index in [0.29, 0.717) is 12.6 Å². The second-order valence-corrected chi connectivity index (χ2v) is 5.26. The molecule has 1 N–H and O–H groups in total. The number of likely N-dealkylation sites (tertiary alicyclic amines) is 1. The van der Waals surface area contributed by atoms with Gasteiger partial charge in [-0.1, -0.05) is 0 Å². The van der Waals surface area contributed by atoms with Crippen LogP contribution in [-0.2, 0) is 4.74 Å². The molecular formula is C12H21F3N2O. The summed E-state index contributed by atoms with van der Waals surface area (Å²) in [4.78, 5) is 2.04. The number of piperidine rings is 1. The molecule has 0 aromatic heterocycles. The minimum Gasteiger partial charge on any atom is -0.314 e. The number of hydrogen-bond acceptors (Lipinski definition) is 3. The summed E-state index contributed by atoms with van der Waals surface area (Å²) in [6.45, 7) is 2.95. The molecule has 0 radical (unpaired) electrons. The Morgan fingerprint density at radius 1 is 1.11 bits per heavy atom. The maximum absolute atomic E-state index is 11.8. The zero-order chi connectivity index (χ0) is 13.0. The Balaban J connectivity index is 1.52. The number of nitrogens with zero attached hydrogens (tertiary/aromatic N) is 1. The molecule has 0 aromatic rings. The first-order valence-electron chi connectivity index (χ1n) is 6.69. The van der Waals surface area contributed by atoms with Crippen molar-refractivity contribution in [2.75, 3.05) is 32.8 Å². The standard InChI is InChI=1S/C12H21F3N2O/c13-12(14,15)18-8-7-17-5-3-11(4-6-17)16-9-10-1-2-10/h10-11,16H,1-9H2. The molecule has 1 saturated carbocycles. The van der Waals surface area contributed by atoms with Crippen molar-refractivity contribution >= 4 is 0 Å². The molecule has 2 aliphatic rings. The molecule has 0 aromatic carbocycles. The number of hydrogen-bond donors (Lipinski definition) is 1. The predicted octanol–water partition coefficient (Wildman–Crippen LogP) is 1.99. The molecule has 18 heavy (non-hydrogen) atoms. The highest BCUT2D eigenvalue weighted by Gasteiger charge is 2.29. The molecule has 0 spiro atoms. The first kappa shape index (κ1) is 14.1. The van der Waals surface area contributed by atoms with E-state index in [4.69, 9.17) is 0 Å². The van der Waals surface area contributed by atoms with Gasteiger partial charge in [0.15, 0.2) is 0 Å². The van der Waals surface area contributed by atoms with Crippen molar-refractivity contribution in [1.82, 2.24) is 10.2 Å². The Labute approximate surface area is 106 Å². The van der Waals surface area contributed by atoms with Gasteiger partial charge in [-0.3, -0.25) is 4.74 Å². The van der Waals surface area contributed by atoms with Gasteiger partial charge in [0.2, 0.25) is 0 Å². The summed E-state index contributed by atoms with van der Waals surface area (Å²) < 4.78 is 39.2. The second kappa shape index (κ2) is 6.21. The molecule has 0 amide bonds. The predicted molar refractivity (Wildman–Crippen MR) is 62.2 cm³/mol. The molecule has 3 nitrogen and oxygen atoms in total. The van der Waals surface area contributed by atoms with Crippen LogP contribution in [0.1, 0.15) is 25.7 Å². The molecule has 0 unspecified atom stereocenters. The molecule has 0 atom stereocenters. The van der Waals surface area contributed by atoms with Crippen molar-refractivity contribution in [3.63, 3.8) is 0 Å². The number of rotatable bonds is 6. The first-order valence-corrected chi connectivity index (χ1v) is 6.69. The third kappa shape index (κ3) is 5.54. The van der Waals surface area contributed by atoms with Crippen LogP contribution in [-0.4, -0.2) is 50.1 Å². The van der Waals surface area contributed by atoms with Gasteiger partial charge in [-0.2, -0.15) is 0 Å². The van der Waals surface area contributed by atoms with E-state index in [0.717, 1.165) is 38.4 Å². The van der Waals surface area contributed by atoms with E-state index < -0.39 is 6.36 Å². The maximum Gasteiger partial charge on any atom is 0.522 e. The molecular weight excluding hydrogens is 245 g/mol. The molecule has 2 fully saturated rings. The van der Waals surface area contributed by atoms with E-state index in [1.165, 1.54) is 12.8 Å². The summed E-state index contributed by atoms with van der Waals surface area (Å²) in [6, 6.07) is 0.547. The van der Waals surface area contributed by atoms with Crippen LogP contribution in [0.3, 0.4) is 0 Å². The Bertz CT molecular complexity index is 248. The van der Waals surface area contributed by atoms with Crippen molar-refractivity contribution in [1.29, 1.82) is 0 Å². The van der Waals surface area contributed by atoms with Crippen LogP contribution in [0.4, 0.5) is 13.2 Å². The quantitative estimate of drug-likeness (QED) is 0.795. The van der Waals surface area contributed by atoms with E-state index in [1.54, 1.807) is 0 Å². The summed E-state index contributed by atoms with van der Waals surface area (Å²) in [5, 5.41) is 3.55. The first-order chi connectivity index (χ1) is 8.53. The van der Waals surface area contributed by atoms with Gasteiger partial charge in [-0.05, 0) is 51.2 Å². The van der Waals surface area contributed by atoms with Crippen molar-refractivity contribution < 1.29 is 17.9 Å². The van der Waals surface area contributed by atoms with E-state index in [2.05, 4.69) is 10.1 Å². The minimum atomic E-state index is -4.50. The van der Waals surface area contributed by atoms with Gasteiger partial charge >= 0.3 is 6.36 Å². The molecule has 1 aliphatic carbocycles. The molecule has 6 heteroatoms. The average Bonchev–Trinajstić information content (AvgIpc) is 3.10. The lowest BCUT2D eigenvalue weighted by Crippen LogP contribution is -2.44. The van der Waals surface area contributed by atoms with Gasteiger partial charge in [-0.25, -0.2) is 0 Å². The van der Waals surface area contributed by atoms with E-state index in [-0.39, 0.29) is 6.61 Å². The summed E-state index contributed by atoms with van der Waals surface area (Å²) in [6.07, 6.45) is 0.253. The third-order valence-corrected chi connectivity index (χ3v) is 3.65. The Morgan fingerprint density at radius 3 is 2.33 bits per heavy atom. The Hall–Kier alpha value is -0.330. The molecule has 0 bridgehead atoms. The van der Waals surface area contributed by atoms with Crippen LogP contribution >= 0.6 is 0 Å². The fourth-order valence-electron chi connectivity index (χ4n) is 2.31. The summed E-state index contributed by atoms with van der Waals surface area (Å²) in [5.74, 6) is 0.878. The lowest BCUT2D eigenvalue weighted by Gasteiger charge is -2.32. The van der Waals surface area contributed by atoms with Crippen LogP contribution < -0.4 is 5.32 Å². The van der Waals surface area contributed by atoms with Gasteiger partial charge in [0, 0.05) is 12.6 Å². The van der Waals surface area contributed by atoms with Crippen molar-refractivity contribution in [3.05, 3.63) is 0 Å². The van der Waals surface area contributed by atoms with Gasteiger partial charge in [0.05, 0.1) is 6.61 Å². The number of alkyl halides is 3. The minimum absolute atomic E-state index is 0.260. The lowest BCUT2D eigenvalue weighted by atomic mass is 10.1. The largest absolute Gasteiger partial charge is 0.522 e. The van der Waals surface area contributed by atoms with E-state index >= 15 is 0 Å². The normalized spacial score (nSPS) is 23.5. The molecule has 1 heterocycles. The number of ether oxygens (including phenoxy) is 1. The number of halogens is 3. The van der Waals surface area contributed by atoms with Crippen molar-refractivity contribution in [2.45, 2.75) is 38.1 Å². The lowest BCUT2D eigenvalue weighted by molar-refractivity contribution is -0.325. The van der Waals surface area contributed by atoms with Gasteiger partial charge in [0.25, 0.3) is 0 Å². The molecule has 106 valence electrons. The molecule has 1 saturated heterocycles. The fourth-order valence-corrected chi connectivity index (χ4v) is 2.31. The highest BCUT2D eigenvalue weighted by Crippen LogP contribution is 2.28. The van der Waals surface area contributed by atoms with Crippen molar-refractivity contribution in [2.24, 2.45) is 5.92 Å². The smallest absolute Gasteiger partial charge is 0.314 e. The Morgan fingerprint density at radius 2 is 1.78 bits per heavy atom. The van der Waals surface area contributed by atoms with E-state index in [1.807, 2.05) is 4.90 Å². The average molecular weight is 266 g/mol. The van der Waals surface area contributed by atoms with E-state index in [9.17, 15) is 13.2 Å². The Kier molecular flexibility index (Phi) is 4.86. The highest BCUT2D eigenvalue weighted by atomic mass is 19.4. The summed E-state index contributed by atoms with van der Waals surface area (Å²) in [5.41, 5.74) is 0. The summed E-state index contributed by atoms with van der Waals surface area (Å²) >= 11 is 0. The highest BCUT2D eigenvalue weighted by molar-refractivity contribution is 4.81. The number of nitrogens with one attached hydrogen (secondary N) is 1. The zero-order valence-electron chi connectivity index (χ0n) is 10.5. The van der Waals surface area contributed by atoms with Crippen molar-refractivity contribution in [3.8, 4) is 0 Å². The van der Waals surface area contributed by atoms with Crippen LogP contribution in [0.15, 0.2) is 0 Å². The van der Waals surface area contributed by atoms with Gasteiger partial charge < -0.3 is 10.2 Å². The fraction of sp³-hybridized carbons (Fsp3) is 1.00. The van der Waals surface area contributed by atoms with Crippen LogP contribution in [0, 0.1) is 5.92 Å². The monoisotopic (exact) mass is 266 g/mol.